The first-order valence-electron chi connectivity index (χ1n) is 8.71. The summed E-state index contributed by atoms with van der Waals surface area (Å²) in [5, 5.41) is 6.03. The smallest absolute Gasteiger partial charge is 0.224 e. The lowest BCUT2D eigenvalue weighted by atomic mass is 10.1. The number of hydrogen-bond donors (Lipinski definition) is 3. The first-order valence-corrected chi connectivity index (χ1v) is 8.71. The van der Waals surface area contributed by atoms with Gasteiger partial charge in [0, 0.05) is 12.6 Å². The summed E-state index contributed by atoms with van der Waals surface area (Å²) in [7, 11) is 0. The fourth-order valence-corrected chi connectivity index (χ4v) is 2.94. The number of rotatable bonds is 6. The highest BCUT2D eigenvalue weighted by Gasteiger charge is 2.12. The summed E-state index contributed by atoms with van der Waals surface area (Å²) < 4.78 is 13.1. The van der Waals surface area contributed by atoms with Crippen molar-refractivity contribution in [2.45, 2.75) is 51.0 Å². The van der Waals surface area contributed by atoms with Gasteiger partial charge in [-0.2, -0.15) is 0 Å². The van der Waals surface area contributed by atoms with E-state index in [1.807, 2.05) is 0 Å². The highest BCUT2D eigenvalue weighted by atomic mass is 127. The number of hydrogen-bond acceptors (Lipinski definition) is 2. The Balaban J connectivity index is 0.00000312. The molecule has 140 valence electrons. The standard InChI is InChI=1S/C18H27FN4O.HI/c19-15-7-5-6-14(12-15)13-17(24)21-10-11-22-18(20)23-16-8-3-1-2-4-9-16;/h5-7,12,16H,1-4,8-11,13H2,(H,21,24)(H3,20,22,23);1H. The summed E-state index contributed by atoms with van der Waals surface area (Å²) in [5.74, 6) is -0.0327. The van der Waals surface area contributed by atoms with Crippen molar-refractivity contribution in [3.63, 3.8) is 0 Å². The quantitative estimate of drug-likeness (QED) is 0.200. The van der Waals surface area contributed by atoms with E-state index in [2.05, 4.69) is 15.6 Å². The molecule has 4 N–H and O–H groups in total. The minimum absolute atomic E-state index is 0. The van der Waals surface area contributed by atoms with Gasteiger partial charge >= 0.3 is 0 Å². The summed E-state index contributed by atoms with van der Waals surface area (Å²) >= 11 is 0. The van der Waals surface area contributed by atoms with Crippen molar-refractivity contribution in [3.05, 3.63) is 35.6 Å². The fourth-order valence-electron chi connectivity index (χ4n) is 2.94. The molecule has 2 rings (SSSR count). The Bertz CT molecular complexity index is 560. The van der Waals surface area contributed by atoms with Crippen LogP contribution < -0.4 is 16.4 Å². The molecule has 1 saturated carbocycles. The Labute approximate surface area is 166 Å². The van der Waals surface area contributed by atoms with Crippen LogP contribution in [0.4, 0.5) is 4.39 Å². The molecule has 1 fully saturated rings. The zero-order valence-corrected chi connectivity index (χ0v) is 16.8. The van der Waals surface area contributed by atoms with E-state index in [9.17, 15) is 9.18 Å². The van der Waals surface area contributed by atoms with E-state index < -0.39 is 0 Å². The molecular formula is C18H28FIN4O. The van der Waals surface area contributed by atoms with Crippen molar-refractivity contribution in [1.29, 1.82) is 0 Å². The SMILES string of the molecule is I.NC(=NCCNC(=O)Cc1cccc(F)c1)NC1CCCCCC1. The zero-order valence-electron chi connectivity index (χ0n) is 14.5. The molecule has 7 heteroatoms. The summed E-state index contributed by atoms with van der Waals surface area (Å²) in [6, 6.07) is 6.48. The highest BCUT2D eigenvalue weighted by Crippen LogP contribution is 2.16. The average molecular weight is 462 g/mol. The molecule has 0 unspecified atom stereocenters. The fraction of sp³-hybridized carbons (Fsp3) is 0.556. The predicted octanol–water partition coefficient (Wildman–Crippen LogP) is 2.73. The second kappa shape index (κ2) is 12.1. The number of benzene rings is 1. The largest absolute Gasteiger partial charge is 0.370 e. The van der Waals surface area contributed by atoms with Gasteiger partial charge in [-0.25, -0.2) is 4.39 Å². The van der Waals surface area contributed by atoms with Gasteiger partial charge in [0.25, 0.3) is 0 Å². The molecule has 1 aromatic carbocycles. The van der Waals surface area contributed by atoms with Crippen LogP contribution in [0.25, 0.3) is 0 Å². The second-order valence-electron chi connectivity index (χ2n) is 6.26. The van der Waals surface area contributed by atoms with Gasteiger partial charge in [0.05, 0.1) is 13.0 Å². The van der Waals surface area contributed by atoms with E-state index in [0.29, 0.717) is 30.7 Å². The maximum absolute atomic E-state index is 13.1. The van der Waals surface area contributed by atoms with Gasteiger partial charge in [-0.3, -0.25) is 9.79 Å². The van der Waals surface area contributed by atoms with Crippen LogP contribution in [0.3, 0.4) is 0 Å². The third kappa shape index (κ3) is 9.04. The Morgan fingerprint density at radius 3 is 2.64 bits per heavy atom. The monoisotopic (exact) mass is 462 g/mol. The number of aliphatic imine (C=N–C) groups is 1. The molecule has 0 heterocycles. The number of carbonyl (C=O) groups is 1. The number of halogens is 2. The molecule has 1 amide bonds. The van der Waals surface area contributed by atoms with Crippen LogP contribution in [0.15, 0.2) is 29.3 Å². The molecule has 25 heavy (non-hydrogen) atoms. The molecule has 0 aliphatic heterocycles. The highest BCUT2D eigenvalue weighted by molar-refractivity contribution is 14.0. The lowest BCUT2D eigenvalue weighted by Crippen LogP contribution is -2.40. The van der Waals surface area contributed by atoms with E-state index in [0.717, 1.165) is 12.8 Å². The third-order valence-corrected chi connectivity index (χ3v) is 4.18. The van der Waals surface area contributed by atoms with Gasteiger partial charge in [-0.15, -0.1) is 24.0 Å². The maximum Gasteiger partial charge on any atom is 0.224 e. The Morgan fingerprint density at radius 1 is 1.24 bits per heavy atom. The topological polar surface area (TPSA) is 79.5 Å². The van der Waals surface area contributed by atoms with Crippen LogP contribution in [-0.4, -0.2) is 31.0 Å². The van der Waals surface area contributed by atoms with E-state index in [1.165, 1.54) is 37.8 Å². The average Bonchev–Trinajstić information content (AvgIpc) is 2.80. The third-order valence-electron chi connectivity index (χ3n) is 4.18. The van der Waals surface area contributed by atoms with E-state index in [4.69, 9.17) is 5.73 Å². The molecule has 0 aromatic heterocycles. The number of nitrogens with two attached hydrogens (primary N) is 1. The summed E-state index contributed by atoms with van der Waals surface area (Å²) in [6.45, 7) is 0.849. The molecule has 0 atom stereocenters. The molecule has 5 nitrogen and oxygen atoms in total. The van der Waals surface area contributed by atoms with Crippen molar-refractivity contribution in [3.8, 4) is 0 Å². The second-order valence-corrected chi connectivity index (χ2v) is 6.26. The van der Waals surface area contributed by atoms with Gasteiger partial charge in [-0.05, 0) is 30.5 Å². The van der Waals surface area contributed by atoms with Crippen molar-refractivity contribution in [2.24, 2.45) is 10.7 Å². The van der Waals surface area contributed by atoms with E-state index >= 15 is 0 Å². The van der Waals surface area contributed by atoms with Crippen molar-refractivity contribution in [2.75, 3.05) is 13.1 Å². The van der Waals surface area contributed by atoms with E-state index in [-0.39, 0.29) is 42.1 Å². The number of carbonyl (C=O) groups excluding carboxylic acids is 1. The van der Waals surface area contributed by atoms with Crippen LogP contribution in [0.1, 0.15) is 44.1 Å². The van der Waals surface area contributed by atoms with Gasteiger partial charge in [0.1, 0.15) is 5.82 Å². The molecule has 1 aliphatic carbocycles. The van der Waals surface area contributed by atoms with Gasteiger partial charge in [0.2, 0.25) is 5.91 Å². The summed E-state index contributed by atoms with van der Waals surface area (Å²) in [5.41, 5.74) is 6.56. The Kier molecular flexibility index (Phi) is 10.4. The first kappa shape index (κ1) is 21.7. The molecule has 1 aliphatic rings. The molecular weight excluding hydrogens is 434 g/mol. The Morgan fingerprint density at radius 2 is 1.96 bits per heavy atom. The zero-order chi connectivity index (χ0) is 17.2. The molecule has 0 bridgehead atoms. The first-order chi connectivity index (χ1) is 11.6. The van der Waals surface area contributed by atoms with Crippen LogP contribution in [0.5, 0.6) is 0 Å². The van der Waals surface area contributed by atoms with Crippen molar-refractivity contribution in [1.82, 2.24) is 10.6 Å². The maximum atomic E-state index is 13.1. The van der Waals surface area contributed by atoms with E-state index in [1.54, 1.807) is 12.1 Å². The molecule has 0 saturated heterocycles. The lowest BCUT2D eigenvalue weighted by Gasteiger charge is -2.16. The van der Waals surface area contributed by atoms with Crippen LogP contribution in [0.2, 0.25) is 0 Å². The van der Waals surface area contributed by atoms with Crippen molar-refractivity contribution < 1.29 is 9.18 Å². The predicted molar refractivity (Wildman–Crippen MR) is 110 cm³/mol. The van der Waals surface area contributed by atoms with Crippen LogP contribution in [0, 0.1) is 5.82 Å². The normalized spacial score (nSPS) is 15.8. The summed E-state index contributed by atoms with van der Waals surface area (Å²) in [6.07, 6.45) is 7.51. The molecule has 0 spiro atoms. The summed E-state index contributed by atoms with van der Waals surface area (Å²) in [4.78, 5) is 16.0. The number of guanidine groups is 1. The Hall–Kier alpha value is -1.38. The van der Waals surface area contributed by atoms with Crippen LogP contribution in [-0.2, 0) is 11.2 Å². The lowest BCUT2D eigenvalue weighted by molar-refractivity contribution is -0.120. The van der Waals surface area contributed by atoms with Gasteiger partial charge in [0.15, 0.2) is 5.96 Å². The minimum atomic E-state index is -0.331. The molecule has 1 aromatic rings. The number of nitrogens with one attached hydrogen (secondary N) is 2. The minimum Gasteiger partial charge on any atom is -0.370 e. The van der Waals surface area contributed by atoms with Gasteiger partial charge in [-0.1, -0.05) is 37.8 Å². The molecule has 0 radical (unpaired) electrons. The number of nitrogens with zero attached hydrogens (tertiary/aromatic N) is 1. The number of amides is 1. The van der Waals surface area contributed by atoms with Gasteiger partial charge < -0.3 is 16.4 Å². The van der Waals surface area contributed by atoms with Crippen molar-refractivity contribution >= 4 is 35.8 Å². The van der Waals surface area contributed by atoms with Crippen LogP contribution >= 0.6 is 24.0 Å².